The number of aliphatic hydroxyl groups excluding tert-OH is 1. The Balaban J connectivity index is 2.46. The Hall–Kier alpha value is -1.71. The molecule has 0 aliphatic heterocycles. The number of rotatable bonds is 4. The summed E-state index contributed by atoms with van der Waals surface area (Å²) in [5.41, 5.74) is 2.44. The summed E-state index contributed by atoms with van der Waals surface area (Å²) in [6.45, 7) is 1.92. The van der Waals surface area contributed by atoms with E-state index in [9.17, 15) is 5.11 Å². The van der Waals surface area contributed by atoms with Gasteiger partial charge in [0.15, 0.2) is 11.5 Å². The highest BCUT2D eigenvalue weighted by Gasteiger charge is 2.17. The number of ether oxygens (including phenoxy) is 2. The highest BCUT2D eigenvalue weighted by atomic mass is 35.5. The molecule has 106 valence electrons. The van der Waals surface area contributed by atoms with Crippen molar-refractivity contribution in [3.05, 3.63) is 58.1 Å². The van der Waals surface area contributed by atoms with Gasteiger partial charge in [-0.3, -0.25) is 0 Å². The topological polar surface area (TPSA) is 38.7 Å². The van der Waals surface area contributed by atoms with Crippen LogP contribution in [0.1, 0.15) is 22.8 Å². The molecule has 2 aromatic rings. The molecule has 0 saturated carbocycles. The van der Waals surface area contributed by atoms with E-state index < -0.39 is 6.10 Å². The smallest absolute Gasteiger partial charge is 0.161 e. The van der Waals surface area contributed by atoms with Gasteiger partial charge in [0, 0.05) is 5.02 Å². The maximum atomic E-state index is 10.5. The van der Waals surface area contributed by atoms with Crippen molar-refractivity contribution in [3.8, 4) is 11.5 Å². The largest absolute Gasteiger partial charge is 0.493 e. The first-order valence-electron chi connectivity index (χ1n) is 6.23. The Morgan fingerprint density at radius 2 is 1.70 bits per heavy atom. The van der Waals surface area contributed by atoms with Crippen LogP contribution in [0.25, 0.3) is 0 Å². The maximum absolute atomic E-state index is 10.5. The number of hydrogen-bond acceptors (Lipinski definition) is 3. The van der Waals surface area contributed by atoms with Crippen LogP contribution in [-0.2, 0) is 0 Å². The second-order valence-corrected chi connectivity index (χ2v) is 4.96. The number of methoxy groups -OCH3 is 2. The summed E-state index contributed by atoms with van der Waals surface area (Å²) in [5, 5.41) is 11.1. The lowest BCUT2D eigenvalue weighted by Crippen LogP contribution is -2.03. The predicted octanol–water partition coefficient (Wildman–Crippen LogP) is 3.75. The van der Waals surface area contributed by atoms with Gasteiger partial charge in [-0.1, -0.05) is 23.7 Å². The Morgan fingerprint density at radius 3 is 2.30 bits per heavy atom. The summed E-state index contributed by atoms with van der Waals surface area (Å²) in [7, 11) is 3.16. The van der Waals surface area contributed by atoms with Gasteiger partial charge in [-0.15, -0.1) is 0 Å². The van der Waals surface area contributed by atoms with Gasteiger partial charge in [-0.25, -0.2) is 0 Å². The predicted molar refractivity (Wildman–Crippen MR) is 79.8 cm³/mol. The minimum atomic E-state index is -0.756. The number of hydrogen-bond donors (Lipinski definition) is 1. The van der Waals surface area contributed by atoms with E-state index in [1.165, 1.54) is 0 Å². The monoisotopic (exact) mass is 292 g/mol. The minimum Gasteiger partial charge on any atom is -0.493 e. The average molecular weight is 293 g/mol. The van der Waals surface area contributed by atoms with Gasteiger partial charge in [0.25, 0.3) is 0 Å². The maximum Gasteiger partial charge on any atom is 0.161 e. The molecule has 0 aliphatic carbocycles. The lowest BCUT2D eigenvalue weighted by molar-refractivity contribution is 0.218. The molecule has 0 spiro atoms. The first kappa shape index (κ1) is 14.7. The second-order valence-electron chi connectivity index (χ2n) is 4.52. The van der Waals surface area contributed by atoms with Crippen LogP contribution in [0.4, 0.5) is 0 Å². The van der Waals surface area contributed by atoms with Crippen molar-refractivity contribution in [2.75, 3.05) is 14.2 Å². The third-order valence-corrected chi connectivity index (χ3v) is 3.47. The van der Waals surface area contributed by atoms with E-state index in [0.29, 0.717) is 16.5 Å². The minimum absolute atomic E-state index is 0.592. The molecule has 0 aromatic heterocycles. The van der Waals surface area contributed by atoms with Gasteiger partial charge in [-0.05, 0) is 47.9 Å². The van der Waals surface area contributed by atoms with Gasteiger partial charge in [0.1, 0.15) is 6.10 Å². The van der Waals surface area contributed by atoms with E-state index in [1.807, 2.05) is 25.1 Å². The summed E-state index contributed by atoms with van der Waals surface area (Å²) in [6, 6.07) is 10.8. The highest BCUT2D eigenvalue weighted by Crippen LogP contribution is 2.35. The molecule has 2 rings (SSSR count). The van der Waals surface area contributed by atoms with Crippen LogP contribution in [0.5, 0.6) is 11.5 Å². The van der Waals surface area contributed by atoms with Gasteiger partial charge >= 0.3 is 0 Å². The molecule has 0 heterocycles. The van der Waals surface area contributed by atoms with Crippen LogP contribution in [0, 0.1) is 6.92 Å². The molecule has 4 heteroatoms. The highest BCUT2D eigenvalue weighted by molar-refractivity contribution is 6.30. The van der Waals surface area contributed by atoms with Crippen molar-refractivity contribution in [3.63, 3.8) is 0 Å². The normalized spacial score (nSPS) is 12.1. The first-order chi connectivity index (χ1) is 9.56. The summed E-state index contributed by atoms with van der Waals surface area (Å²) in [5.74, 6) is 1.24. The molecule has 3 nitrogen and oxygen atoms in total. The summed E-state index contributed by atoms with van der Waals surface area (Å²) < 4.78 is 10.5. The number of halogens is 1. The van der Waals surface area contributed by atoms with E-state index in [2.05, 4.69) is 0 Å². The quantitative estimate of drug-likeness (QED) is 0.933. The Kier molecular flexibility index (Phi) is 4.53. The van der Waals surface area contributed by atoms with Crippen molar-refractivity contribution >= 4 is 11.6 Å². The second kappa shape index (κ2) is 6.16. The number of aryl methyl sites for hydroxylation is 1. The molecule has 0 fully saturated rings. The van der Waals surface area contributed by atoms with Crippen LogP contribution < -0.4 is 9.47 Å². The zero-order valence-electron chi connectivity index (χ0n) is 11.7. The van der Waals surface area contributed by atoms with E-state index in [-0.39, 0.29) is 0 Å². The van der Waals surface area contributed by atoms with Gasteiger partial charge in [0.05, 0.1) is 14.2 Å². The molecular formula is C16H17ClO3. The molecule has 0 amide bonds. The molecule has 1 unspecified atom stereocenters. The molecule has 20 heavy (non-hydrogen) atoms. The van der Waals surface area contributed by atoms with Crippen LogP contribution in [0.15, 0.2) is 36.4 Å². The summed E-state index contributed by atoms with van der Waals surface area (Å²) >= 11 is 5.97. The molecule has 1 N–H and O–H groups in total. The van der Waals surface area contributed by atoms with E-state index >= 15 is 0 Å². The van der Waals surface area contributed by atoms with Crippen molar-refractivity contribution in [1.29, 1.82) is 0 Å². The Morgan fingerprint density at radius 1 is 1.05 bits per heavy atom. The van der Waals surface area contributed by atoms with Crippen LogP contribution in [-0.4, -0.2) is 19.3 Å². The van der Waals surface area contributed by atoms with Crippen molar-refractivity contribution in [1.82, 2.24) is 0 Å². The third-order valence-electron chi connectivity index (χ3n) is 3.23. The molecule has 2 aromatic carbocycles. The lowest BCUT2D eigenvalue weighted by atomic mass is 9.97. The molecule has 0 aliphatic rings. The van der Waals surface area contributed by atoms with Crippen LogP contribution in [0.2, 0.25) is 5.02 Å². The fraction of sp³-hybridized carbons (Fsp3) is 0.250. The molecule has 1 atom stereocenters. The third kappa shape index (κ3) is 2.89. The number of benzene rings is 2. The molecular weight excluding hydrogens is 276 g/mol. The van der Waals surface area contributed by atoms with E-state index in [4.69, 9.17) is 21.1 Å². The zero-order chi connectivity index (χ0) is 14.7. The standard InChI is InChI=1S/C16H17ClO3/c1-10-7-14(19-2)15(20-3)9-13(10)16(18)11-5-4-6-12(17)8-11/h4-9,16,18H,1-3H3. The Labute approximate surface area is 123 Å². The molecule has 0 saturated heterocycles. The van der Waals surface area contributed by atoms with Crippen molar-refractivity contribution in [2.24, 2.45) is 0 Å². The molecule has 0 radical (unpaired) electrons. The average Bonchev–Trinajstić information content (AvgIpc) is 2.46. The van der Waals surface area contributed by atoms with Crippen LogP contribution in [0.3, 0.4) is 0 Å². The van der Waals surface area contributed by atoms with E-state index in [1.54, 1.807) is 32.4 Å². The lowest BCUT2D eigenvalue weighted by Gasteiger charge is -2.17. The van der Waals surface area contributed by atoms with E-state index in [0.717, 1.165) is 16.7 Å². The number of aliphatic hydroxyl groups is 1. The Bertz CT molecular complexity index is 611. The van der Waals surface area contributed by atoms with Crippen LogP contribution >= 0.6 is 11.6 Å². The fourth-order valence-corrected chi connectivity index (χ4v) is 2.35. The van der Waals surface area contributed by atoms with Gasteiger partial charge in [0.2, 0.25) is 0 Å². The fourth-order valence-electron chi connectivity index (χ4n) is 2.15. The SMILES string of the molecule is COc1cc(C)c(C(O)c2cccc(Cl)c2)cc1OC. The van der Waals surface area contributed by atoms with Crippen molar-refractivity contribution in [2.45, 2.75) is 13.0 Å². The van der Waals surface area contributed by atoms with Crippen molar-refractivity contribution < 1.29 is 14.6 Å². The summed E-state index contributed by atoms with van der Waals surface area (Å²) in [4.78, 5) is 0. The van der Waals surface area contributed by atoms with Gasteiger partial charge in [-0.2, -0.15) is 0 Å². The van der Waals surface area contributed by atoms with Gasteiger partial charge < -0.3 is 14.6 Å². The summed E-state index contributed by atoms with van der Waals surface area (Å²) in [6.07, 6.45) is -0.756. The first-order valence-corrected chi connectivity index (χ1v) is 6.60. The molecule has 0 bridgehead atoms. The zero-order valence-corrected chi connectivity index (χ0v) is 12.4.